The van der Waals surface area contributed by atoms with Crippen molar-refractivity contribution in [1.82, 2.24) is 10.2 Å². The van der Waals surface area contributed by atoms with E-state index >= 15 is 0 Å². The number of ether oxygens (including phenoxy) is 1. The van der Waals surface area contributed by atoms with Crippen molar-refractivity contribution in [1.29, 1.82) is 0 Å². The molecule has 1 rings (SSSR count). The Morgan fingerprint density at radius 2 is 1.80 bits per heavy atom. The average Bonchev–Trinajstić information content (AvgIpc) is 2.42. The maximum Gasteiger partial charge on any atom is 0.0589 e. The minimum atomic E-state index is 0.367. The number of benzene rings is 1. The van der Waals surface area contributed by atoms with Crippen molar-refractivity contribution in [3.63, 3.8) is 0 Å². The molecule has 20 heavy (non-hydrogen) atoms. The molecule has 3 heteroatoms. The van der Waals surface area contributed by atoms with Crippen LogP contribution in [-0.2, 0) is 4.74 Å². The Balaban J connectivity index is 2.68. The van der Waals surface area contributed by atoms with Gasteiger partial charge in [0.05, 0.1) is 6.61 Å². The van der Waals surface area contributed by atoms with Crippen molar-refractivity contribution >= 4 is 0 Å². The highest BCUT2D eigenvalue weighted by molar-refractivity contribution is 5.24. The Kier molecular flexibility index (Phi) is 7.82. The molecule has 0 aromatic heterocycles. The summed E-state index contributed by atoms with van der Waals surface area (Å²) in [5.41, 5.74) is 2.66. The van der Waals surface area contributed by atoms with E-state index in [1.54, 1.807) is 7.11 Å². The van der Waals surface area contributed by atoms with E-state index < -0.39 is 0 Å². The number of hydrogen-bond acceptors (Lipinski definition) is 3. The van der Waals surface area contributed by atoms with Crippen LogP contribution in [0.4, 0.5) is 0 Å². The van der Waals surface area contributed by atoms with E-state index in [1.807, 2.05) is 7.05 Å². The number of likely N-dealkylation sites (N-methyl/N-ethyl adjacent to an activating group) is 1. The lowest BCUT2D eigenvalue weighted by molar-refractivity contribution is 0.133. The molecule has 1 N–H and O–H groups in total. The molecule has 0 spiro atoms. The summed E-state index contributed by atoms with van der Waals surface area (Å²) in [5.74, 6) is 0.669. The highest BCUT2D eigenvalue weighted by Gasteiger charge is 2.15. The van der Waals surface area contributed by atoms with Crippen LogP contribution in [0.2, 0.25) is 0 Å². The summed E-state index contributed by atoms with van der Waals surface area (Å²) in [4.78, 5) is 2.48. The second-order valence-electron chi connectivity index (χ2n) is 5.90. The quantitative estimate of drug-likeness (QED) is 0.752. The van der Waals surface area contributed by atoms with E-state index in [0.717, 1.165) is 26.2 Å². The van der Waals surface area contributed by atoms with Crippen LogP contribution in [0.15, 0.2) is 24.3 Å². The highest BCUT2D eigenvalue weighted by atomic mass is 16.5. The summed E-state index contributed by atoms with van der Waals surface area (Å²) < 4.78 is 5.23. The number of methoxy groups -OCH3 is 1. The molecule has 0 saturated heterocycles. The Bertz CT molecular complexity index is 362. The van der Waals surface area contributed by atoms with Crippen LogP contribution < -0.4 is 5.32 Å². The van der Waals surface area contributed by atoms with Gasteiger partial charge in [-0.15, -0.1) is 0 Å². The van der Waals surface area contributed by atoms with Crippen molar-refractivity contribution in [3.05, 3.63) is 35.4 Å². The van der Waals surface area contributed by atoms with Crippen molar-refractivity contribution in [2.75, 3.05) is 40.4 Å². The number of nitrogens with zero attached hydrogens (tertiary/aromatic N) is 1. The van der Waals surface area contributed by atoms with Crippen molar-refractivity contribution in [2.45, 2.75) is 26.8 Å². The zero-order valence-electron chi connectivity index (χ0n) is 13.6. The van der Waals surface area contributed by atoms with Crippen LogP contribution in [0, 0.1) is 12.8 Å². The van der Waals surface area contributed by atoms with E-state index in [2.05, 4.69) is 55.3 Å². The molecule has 0 radical (unpaired) electrons. The maximum atomic E-state index is 5.23. The maximum absolute atomic E-state index is 5.23. The van der Waals surface area contributed by atoms with Crippen molar-refractivity contribution in [3.8, 4) is 0 Å². The van der Waals surface area contributed by atoms with Gasteiger partial charge in [0.25, 0.3) is 0 Å². The second-order valence-corrected chi connectivity index (χ2v) is 5.90. The fourth-order valence-electron chi connectivity index (χ4n) is 2.41. The normalized spacial score (nSPS) is 13.2. The minimum Gasteiger partial charge on any atom is -0.383 e. The Morgan fingerprint density at radius 1 is 1.15 bits per heavy atom. The number of nitrogens with one attached hydrogen (secondary N) is 1. The van der Waals surface area contributed by atoms with Crippen LogP contribution >= 0.6 is 0 Å². The summed E-state index contributed by atoms with van der Waals surface area (Å²) in [6, 6.07) is 9.18. The Labute approximate surface area is 124 Å². The molecule has 0 aliphatic heterocycles. The fourth-order valence-corrected chi connectivity index (χ4v) is 2.41. The van der Waals surface area contributed by atoms with Crippen LogP contribution in [0.5, 0.6) is 0 Å². The van der Waals surface area contributed by atoms with Crippen LogP contribution in [-0.4, -0.2) is 45.3 Å². The van der Waals surface area contributed by atoms with E-state index in [-0.39, 0.29) is 0 Å². The first-order chi connectivity index (χ1) is 9.56. The standard InChI is InChI=1S/C17H30N2O/c1-14(2)12-19(10-11-20-5)13-17(18-4)16-8-6-15(3)7-9-16/h6-9,14,17-18H,10-13H2,1-5H3. The van der Waals surface area contributed by atoms with Gasteiger partial charge < -0.3 is 10.1 Å². The topological polar surface area (TPSA) is 24.5 Å². The zero-order valence-corrected chi connectivity index (χ0v) is 13.6. The summed E-state index contributed by atoms with van der Waals surface area (Å²) in [6.07, 6.45) is 0. The molecule has 0 bridgehead atoms. The largest absolute Gasteiger partial charge is 0.383 e. The molecule has 114 valence electrons. The summed E-state index contributed by atoms with van der Waals surface area (Å²) in [7, 11) is 3.80. The third-order valence-electron chi connectivity index (χ3n) is 3.50. The van der Waals surface area contributed by atoms with Gasteiger partial charge in [-0.25, -0.2) is 0 Å². The van der Waals surface area contributed by atoms with Gasteiger partial charge in [0.1, 0.15) is 0 Å². The molecule has 0 aliphatic carbocycles. The fraction of sp³-hybridized carbons (Fsp3) is 0.647. The smallest absolute Gasteiger partial charge is 0.0589 e. The van der Waals surface area contributed by atoms with Crippen molar-refractivity contribution < 1.29 is 4.74 Å². The van der Waals surface area contributed by atoms with E-state index in [9.17, 15) is 0 Å². The predicted molar refractivity (Wildman–Crippen MR) is 86.1 cm³/mol. The van der Waals surface area contributed by atoms with Crippen molar-refractivity contribution in [2.24, 2.45) is 5.92 Å². The third kappa shape index (κ3) is 6.04. The van der Waals surface area contributed by atoms with E-state index in [1.165, 1.54) is 11.1 Å². The predicted octanol–water partition coefficient (Wildman–Crippen LogP) is 2.86. The van der Waals surface area contributed by atoms with Gasteiger partial charge >= 0.3 is 0 Å². The SMILES string of the molecule is CNC(CN(CCOC)CC(C)C)c1ccc(C)cc1. The van der Waals surface area contributed by atoms with Gasteiger partial charge in [-0.1, -0.05) is 43.7 Å². The molecule has 0 aliphatic rings. The lowest BCUT2D eigenvalue weighted by atomic mass is 10.0. The van der Waals surface area contributed by atoms with Gasteiger partial charge in [-0.3, -0.25) is 4.90 Å². The van der Waals surface area contributed by atoms with E-state index in [0.29, 0.717) is 12.0 Å². The number of rotatable bonds is 9. The lowest BCUT2D eigenvalue weighted by Gasteiger charge is -2.29. The van der Waals surface area contributed by atoms with Gasteiger partial charge in [0.15, 0.2) is 0 Å². The third-order valence-corrected chi connectivity index (χ3v) is 3.50. The summed E-state index contributed by atoms with van der Waals surface area (Å²) >= 11 is 0. The zero-order chi connectivity index (χ0) is 15.0. The molecule has 3 nitrogen and oxygen atoms in total. The van der Waals surface area contributed by atoms with E-state index in [4.69, 9.17) is 4.74 Å². The number of aryl methyl sites for hydroxylation is 1. The van der Waals surface area contributed by atoms with Crippen LogP contribution in [0.25, 0.3) is 0 Å². The Morgan fingerprint density at radius 3 is 2.30 bits per heavy atom. The molecule has 1 unspecified atom stereocenters. The first-order valence-electron chi connectivity index (χ1n) is 7.52. The second kappa shape index (κ2) is 9.11. The average molecular weight is 278 g/mol. The minimum absolute atomic E-state index is 0.367. The molecule has 0 amide bonds. The number of hydrogen-bond donors (Lipinski definition) is 1. The van der Waals surface area contributed by atoms with Gasteiger partial charge in [0, 0.05) is 32.8 Å². The monoisotopic (exact) mass is 278 g/mol. The first kappa shape index (κ1) is 17.2. The molecule has 0 fully saturated rings. The van der Waals surface area contributed by atoms with Crippen LogP contribution in [0.1, 0.15) is 31.0 Å². The molecular formula is C17H30N2O. The lowest BCUT2D eigenvalue weighted by Crippen LogP contribution is -2.38. The summed E-state index contributed by atoms with van der Waals surface area (Å²) in [6.45, 7) is 10.5. The van der Waals surface area contributed by atoms with Gasteiger partial charge in [0.2, 0.25) is 0 Å². The van der Waals surface area contributed by atoms with Gasteiger partial charge in [-0.05, 0) is 25.5 Å². The molecule has 0 saturated carbocycles. The Hall–Kier alpha value is -0.900. The van der Waals surface area contributed by atoms with Gasteiger partial charge in [-0.2, -0.15) is 0 Å². The molecule has 1 aromatic rings. The summed E-state index contributed by atoms with van der Waals surface area (Å²) in [5, 5.41) is 3.44. The molecule has 1 atom stereocenters. The molecular weight excluding hydrogens is 248 g/mol. The first-order valence-corrected chi connectivity index (χ1v) is 7.52. The highest BCUT2D eigenvalue weighted by Crippen LogP contribution is 2.15. The van der Waals surface area contributed by atoms with Crippen LogP contribution in [0.3, 0.4) is 0 Å². The molecule has 1 aromatic carbocycles. The molecule has 0 heterocycles.